The summed E-state index contributed by atoms with van der Waals surface area (Å²) in [5.41, 5.74) is 5.33. The maximum atomic E-state index is 10.3. The lowest BCUT2D eigenvalue weighted by atomic mass is 10.1. The van der Waals surface area contributed by atoms with Crippen molar-refractivity contribution in [1.82, 2.24) is 0 Å². The molecular weight excluding hydrogens is 170 g/mol. The molecule has 0 fully saturated rings. The Hall–Kier alpha value is -1.29. The smallest absolute Gasteiger partial charge is 0.320 e. The molecule has 72 valence electrons. The van der Waals surface area contributed by atoms with Gasteiger partial charge < -0.3 is 15.3 Å². The minimum absolute atomic E-state index is 0.482. The van der Waals surface area contributed by atoms with Crippen molar-refractivity contribution in [2.24, 2.45) is 5.73 Å². The molecule has 1 aromatic heterocycles. The standard InChI is InChI=1S/C9H13NO3/c10-8(9(11)12)5-1-3-7-4-2-6-13-7/h2,4,6,8H,1,3,5,10H2,(H,11,12). The quantitative estimate of drug-likeness (QED) is 0.714. The Morgan fingerprint density at radius 1 is 1.69 bits per heavy atom. The maximum absolute atomic E-state index is 10.3. The first-order valence-electron chi connectivity index (χ1n) is 4.21. The number of carbonyl (C=O) groups is 1. The van der Waals surface area contributed by atoms with Crippen LogP contribution in [0.15, 0.2) is 22.8 Å². The second-order valence-corrected chi connectivity index (χ2v) is 2.92. The zero-order valence-electron chi connectivity index (χ0n) is 7.27. The molecule has 0 saturated carbocycles. The third-order valence-corrected chi connectivity index (χ3v) is 1.84. The van der Waals surface area contributed by atoms with Gasteiger partial charge in [-0.3, -0.25) is 4.79 Å². The molecule has 0 saturated heterocycles. The van der Waals surface area contributed by atoms with Crippen LogP contribution in [0.5, 0.6) is 0 Å². The highest BCUT2D eigenvalue weighted by Crippen LogP contribution is 2.06. The Labute approximate surface area is 76.3 Å². The Morgan fingerprint density at radius 3 is 3.00 bits per heavy atom. The third-order valence-electron chi connectivity index (χ3n) is 1.84. The summed E-state index contributed by atoms with van der Waals surface area (Å²) in [4.78, 5) is 10.3. The van der Waals surface area contributed by atoms with Crippen molar-refractivity contribution < 1.29 is 14.3 Å². The highest BCUT2D eigenvalue weighted by molar-refractivity contribution is 5.72. The van der Waals surface area contributed by atoms with Gasteiger partial charge in [-0.05, 0) is 25.0 Å². The number of hydrogen-bond donors (Lipinski definition) is 2. The predicted molar refractivity (Wildman–Crippen MR) is 47.3 cm³/mol. The SMILES string of the molecule is NC(CCCc1ccco1)C(=O)O. The van der Waals surface area contributed by atoms with Crippen LogP contribution in [0.1, 0.15) is 18.6 Å². The molecule has 13 heavy (non-hydrogen) atoms. The molecule has 0 radical (unpaired) electrons. The topological polar surface area (TPSA) is 76.5 Å². The Bertz CT molecular complexity index is 256. The fourth-order valence-electron chi connectivity index (χ4n) is 1.07. The van der Waals surface area contributed by atoms with Gasteiger partial charge in [0.05, 0.1) is 6.26 Å². The Balaban J connectivity index is 2.18. The van der Waals surface area contributed by atoms with Crippen molar-refractivity contribution in [3.05, 3.63) is 24.2 Å². The molecule has 0 aliphatic rings. The van der Waals surface area contributed by atoms with E-state index in [4.69, 9.17) is 15.3 Å². The molecular formula is C9H13NO3. The summed E-state index contributed by atoms with van der Waals surface area (Å²) in [6.45, 7) is 0. The number of carboxylic acid groups (broad SMARTS) is 1. The first-order chi connectivity index (χ1) is 6.20. The monoisotopic (exact) mass is 183 g/mol. The minimum atomic E-state index is -0.945. The second-order valence-electron chi connectivity index (χ2n) is 2.92. The van der Waals surface area contributed by atoms with Crippen molar-refractivity contribution in [1.29, 1.82) is 0 Å². The fourth-order valence-corrected chi connectivity index (χ4v) is 1.07. The summed E-state index contributed by atoms with van der Waals surface area (Å²) in [7, 11) is 0. The number of nitrogens with two attached hydrogens (primary N) is 1. The van der Waals surface area contributed by atoms with E-state index in [1.165, 1.54) is 0 Å². The van der Waals surface area contributed by atoms with Gasteiger partial charge >= 0.3 is 5.97 Å². The van der Waals surface area contributed by atoms with E-state index in [0.717, 1.165) is 18.6 Å². The van der Waals surface area contributed by atoms with Crippen LogP contribution in [-0.2, 0) is 11.2 Å². The number of aryl methyl sites for hydroxylation is 1. The molecule has 1 atom stereocenters. The van der Waals surface area contributed by atoms with E-state index in [2.05, 4.69) is 0 Å². The normalized spacial score (nSPS) is 12.7. The van der Waals surface area contributed by atoms with Gasteiger partial charge in [-0.15, -0.1) is 0 Å². The van der Waals surface area contributed by atoms with E-state index >= 15 is 0 Å². The first kappa shape index (κ1) is 9.80. The molecule has 1 unspecified atom stereocenters. The van der Waals surface area contributed by atoms with Crippen LogP contribution in [0.3, 0.4) is 0 Å². The highest BCUT2D eigenvalue weighted by Gasteiger charge is 2.10. The van der Waals surface area contributed by atoms with Gasteiger partial charge in [-0.1, -0.05) is 0 Å². The number of furan rings is 1. The van der Waals surface area contributed by atoms with Crippen molar-refractivity contribution in [2.75, 3.05) is 0 Å². The molecule has 1 heterocycles. The number of rotatable bonds is 5. The van der Waals surface area contributed by atoms with Gasteiger partial charge in [0.1, 0.15) is 11.8 Å². The van der Waals surface area contributed by atoms with Gasteiger partial charge in [-0.2, -0.15) is 0 Å². The maximum Gasteiger partial charge on any atom is 0.320 e. The molecule has 1 rings (SSSR count). The van der Waals surface area contributed by atoms with Gasteiger partial charge in [0.2, 0.25) is 0 Å². The zero-order chi connectivity index (χ0) is 9.68. The molecule has 0 amide bonds. The summed E-state index contributed by atoms with van der Waals surface area (Å²) in [5.74, 6) is -0.0722. The van der Waals surface area contributed by atoms with Gasteiger partial charge in [-0.25, -0.2) is 0 Å². The minimum Gasteiger partial charge on any atom is -0.480 e. The summed E-state index contributed by atoms with van der Waals surface area (Å²) in [6.07, 6.45) is 3.57. The Kier molecular flexibility index (Phi) is 3.52. The molecule has 4 heteroatoms. The van der Waals surface area contributed by atoms with Crippen LogP contribution in [-0.4, -0.2) is 17.1 Å². The predicted octanol–water partition coefficient (Wildman–Crippen LogP) is 1.01. The molecule has 3 N–H and O–H groups in total. The number of carboxylic acids is 1. The van der Waals surface area contributed by atoms with Crippen molar-refractivity contribution >= 4 is 5.97 Å². The number of hydrogen-bond acceptors (Lipinski definition) is 3. The largest absolute Gasteiger partial charge is 0.480 e. The van der Waals surface area contributed by atoms with Crippen LogP contribution in [0.2, 0.25) is 0 Å². The molecule has 0 spiro atoms. The third kappa shape index (κ3) is 3.29. The van der Waals surface area contributed by atoms with Crippen molar-refractivity contribution in [3.8, 4) is 0 Å². The van der Waals surface area contributed by atoms with E-state index in [9.17, 15) is 4.79 Å². The average molecular weight is 183 g/mol. The summed E-state index contributed by atoms with van der Waals surface area (Å²) in [5, 5.41) is 8.49. The first-order valence-corrected chi connectivity index (χ1v) is 4.21. The van der Waals surface area contributed by atoms with E-state index in [1.807, 2.05) is 12.1 Å². The lowest BCUT2D eigenvalue weighted by molar-refractivity contribution is -0.138. The second kappa shape index (κ2) is 4.67. The van der Waals surface area contributed by atoms with Crippen LogP contribution in [0, 0.1) is 0 Å². The van der Waals surface area contributed by atoms with Crippen LogP contribution < -0.4 is 5.73 Å². The van der Waals surface area contributed by atoms with E-state index < -0.39 is 12.0 Å². The van der Waals surface area contributed by atoms with Crippen LogP contribution in [0.25, 0.3) is 0 Å². The highest BCUT2D eigenvalue weighted by atomic mass is 16.4. The van der Waals surface area contributed by atoms with Crippen LogP contribution >= 0.6 is 0 Å². The summed E-state index contributed by atoms with van der Waals surface area (Å²) >= 11 is 0. The van der Waals surface area contributed by atoms with E-state index in [0.29, 0.717) is 6.42 Å². The van der Waals surface area contributed by atoms with E-state index in [1.54, 1.807) is 6.26 Å². The molecule has 4 nitrogen and oxygen atoms in total. The number of aliphatic carboxylic acids is 1. The molecule has 0 aliphatic heterocycles. The molecule has 0 bridgehead atoms. The zero-order valence-corrected chi connectivity index (χ0v) is 7.27. The van der Waals surface area contributed by atoms with Gasteiger partial charge in [0.25, 0.3) is 0 Å². The lowest BCUT2D eigenvalue weighted by Gasteiger charge is -2.03. The van der Waals surface area contributed by atoms with Crippen molar-refractivity contribution in [2.45, 2.75) is 25.3 Å². The van der Waals surface area contributed by atoms with E-state index in [-0.39, 0.29) is 0 Å². The Morgan fingerprint density at radius 2 is 2.46 bits per heavy atom. The fraction of sp³-hybridized carbons (Fsp3) is 0.444. The summed E-state index contributed by atoms with van der Waals surface area (Å²) < 4.78 is 5.09. The summed E-state index contributed by atoms with van der Waals surface area (Å²) in [6, 6.07) is 2.92. The van der Waals surface area contributed by atoms with Gasteiger partial charge in [0.15, 0.2) is 0 Å². The van der Waals surface area contributed by atoms with Gasteiger partial charge in [0, 0.05) is 6.42 Å². The van der Waals surface area contributed by atoms with Crippen LogP contribution in [0.4, 0.5) is 0 Å². The molecule has 1 aromatic rings. The molecule has 0 aromatic carbocycles. The van der Waals surface area contributed by atoms with Crippen molar-refractivity contribution in [3.63, 3.8) is 0 Å². The average Bonchev–Trinajstić information content (AvgIpc) is 2.56. The lowest BCUT2D eigenvalue weighted by Crippen LogP contribution is -2.29. The molecule has 0 aliphatic carbocycles.